The fourth-order valence-corrected chi connectivity index (χ4v) is 4.33. The predicted octanol–water partition coefficient (Wildman–Crippen LogP) is 4.77. The van der Waals surface area contributed by atoms with Crippen molar-refractivity contribution in [2.75, 3.05) is 7.11 Å². The van der Waals surface area contributed by atoms with Gasteiger partial charge >= 0.3 is 5.97 Å². The van der Waals surface area contributed by atoms with Crippen molar-refractivity contribution in [2.45, 2.75) is 84.0 Å². The molecule has 0 heterocycles. The maximum absolute atomic E-state index is 11.7. The van der Waals surface area contributed by atoms with Crippen LogP contribution in [0, 0.1) is 11.8 Å². The molecule has 4 heteroatoms. The third-order valence-electron chi connectivity index (χ3n) is 5.35. The Morgan fingerprint density at radius 3 is 2.33 bits per heavy atom. The van der Waals surface area contributed by atoms with E-state index in [1.165, 1.54) is 26.4 Å². The van der Waals surface area contributed by atoms with Crippen LogP contribution in [0.3, 0.4) is 0 Å². The summed E-state index contributed by atoms with van der Waals surface area (Å²) in [5.74, 6) is 0.386. The van der Waals surface area contributed by atoms with Gasteiger partial charge in [0.2, 0.25) is 0 Å². The molecule has 0 bridgehead atoms. The van der Waals surface area contributed by atoms with Gasteiger partial charge in [0.15, 0.2) is 8.32 Å². The summed E-state index contributed by atoms with van der Waals surface area (Å²) in [6, 6.07) is 0. The second-order valence-corrected chi connectivity index (χ2v) is 12.9. The Morgan fingerprint density at radius 2 is 1.81 bits per heavy atom. The van der Waals surface area contributed by atoms with Crippen molar-refractivity contribution in [1.29, 1.82) is 0 Å². The first-order valence-corrected chi connectivity index (χ1v) is 11.2. The lowest BCUT2D eigenvalue weighted by molar-refractivity contribution is -0.145. The van der Waals surface area contributed by atoms with Crippen molar-refractivity contribution < 1.29 is 14.0 Å². The number of hydrogen-bond donors (Lipinski definition) is 0. The summed E-state index contributed by atoms with van der Waals surface area (Å²) in [6.07, 6.45) is 6.06. The molecular formula is C17H34O3Si. The van der Waals surface area contributed by atoms with E-state index >= 15 is 0 Å². The van der Waals surface area contributed by atoms with Crippen LogP contribution in [0.1, 0.15) is 59.8 Å². The zero-order chi connectivity index (χ0) is 16.3. The van der Waals surface area contributed by atoms with E-state index in [4.69, 9.17) is 9.16 Å². The monoisotopic (exact) mass is 314 g/mol. The number of carbonyl (C=O) groups excluding carboxylic acids is 1. The highest BCUT2D eigenvalue weighted by molar-refractivity contribution is 6.74. The molecule has 0 aromatic heterocycles. The molecule has 0 aromatic rings. The molecule has 3 nitrogen and oxygen atoms in total. The SMILES string of the molecule is COC(=O)C(C)C[C@@H]1CCCC[C@H]1O[Si](C)(C)C(C)(C)C. The van der Waals surface area contributed by atoms with Crippen LogP contribution in [-0.2, 0) is 14.0 Å². The van der Waals surface area contributed by atoms with Crippen LogP contribution in [-0.4, -0.2) is 27.5 Å². The molecule has 1 fully saturated rings. The van der Waals surface area contributed by atoms with Crippen LogP contribution < -0.4 is 0 Å². The second kappa shape index (κ2) is 7.27. The first-order valence-electron chi connectivity index (χ1n) is 8.34. The standard InChI is InChI=1S/C17H34O3Si/c1-13(16(18)19-5)12-14-10-8-9-11-15(14)20-21(6,7)17(2,3)4/h13-15H,8-12H2,1-7H3/t13?,14-,15+/m0/s1. The van der Waals surface area contributed by atoms with Crippen molar-refractivity contribution in [3.63, 3.8) is 0 Å². The molecule has 0 amide bonds. The van der Waals surface area contributed by atoms with Crippen molar-refractivity contribution >= 4 is 14.3 Å². The molecule has 1 unspecified atom stereocenters. The Balaban J connectivity index is 2.72. The summed E-state index contributed by atoms with van der Waals surface area (Å²) in [5, 5.41) is 0.239. The van der Waals surface area contributed by atoms with Gasteiger partial charge in [0.25, 0.3) is 0 Å². The van der Waals surface area contributed by atoms with Crippen molar-refractivity contribution in [1.82, 2.24) is 0 Å². The van der Waals surface area contributed by atoms with Gasteiger partial charge in [0.05, 0.1) is 13.0 Å². The van der Waals surface area contributed by atoms with E-state index in [9.17, 15) is 4.79 Å². The highest BCUT2D eigenvalue weighted by Crippen LogP contribution is 2.41. The average molecular weight is 315 g/mol. The number of methoxy groups -OCH3 is 1. The highest BCUT2D eigenvalue weighted by atomic mass is 28.4. The molecule has 0 aromatic carbocycles. The number of rotatable bonds is 5. The van der Waals surface area contributed by atoms with Crippen LogP contribution >= 0.6 is 0 Å². The minimum atomic E-state index is -1.74. The quantitative estimate of drug-likeness (QED) is 0.542. The van der Waals surface area contributed by atoms with Gasteiger partial charge in [-0.25, -0.2) is 0 Å². The third-order valence-corrected chi connectivity index (χ3v) is 9.86. The van der Waals surface area contributed by atoms with Crippen molar-refractivity contribution in [3.8, 4) is 0 Å². The predicted molar refractivity (Wildman–Crippen MR) is 89.8 cm³/mol. The van der Waals surface area contributed by atoms with Gasteiger partial charge in [-0.05, 0) is 43.3 Å². The van der Waals surface area contributed by atoms with Crippen LogP contribution in [0.4, 0.5) is 0 Å². The molecule has 3 atom stereocenters. The van der Waals surface area contributed by atoms with Gasteiger partial charge in [0, 0.05) is 6.10 Å². The van der Waals surface area contributed by atoms with Gasteiger partial charge in [-0.1, -0.05) is 40.5 Å². The van der Waals surface area contributed by atoms with Gasteiger partial charge < -0.3 is 9.16 Å². The molecule has 1 aliphatic carbocycles. The summed E-state index contributed by atoms with van der Waals surface area (Å²) in [6.45, 7) is 13.5. The molecule has 124 valence electrons. The summed E-state index contributed by atoms with van der Waals surface area (Å²) in [7, 11) is -0.261. The topological polar surface area (TPSA) is 35.5 Å². The van der Waals surface area contributed by atoms with E-state index in [1.807, 2.05) is 6.92 Å². The summed E-state index contributed by atoms with van der Waals surface area (Å²) in [4.78, 5) is 11.7. The molecule has 0 saturated heterocycles. The molecule has 1 saturated carbocycles. The number of hydrogen-bond acceptors (Lipinski definition) is 3. The first kappa shape index (κ1) is 18.7. The number of esters is 1. The maximum atomic E-state index is 11.7. The van der Waals surface area contributed by atoms with Crippen LogP contribution in [0.15, 0.2) is 0 Å². The van der Waals surface area contributed by atoms with E-state index in [-0.39, 0.29) is 16.9 Å². The molecule has 0 spiro atoms. The fourth-order valence-electron chi connectivity index (χ4n) is 2.91. The minimum Gasteiger partial charge on any atom is -0.469 e. The summed E-state index contributed by atoms with van der Waals surface area (Å²) < 4.78 is 11.5. The van der Waals surface area contributed by atoms with Crippen molar-refractivity contribution in [2.24, 2.45) is 11.8 Å². The molecule has 0 radical (unpaired) electrons. The summed E-state index contributed by atoms with van der Waals surface area (Å²) in [5.41, 5.74) is 0. The molecule has 1 rings (SSSR count). The lowest BCUT2D eigenvalue weighted by Gasteiger charge is -2.43. The number of ether oxygens (including phenoxy) is 1. The normalized spacial score (nSPS) is 25.5. The lowest BCUT2D eigenvalue weighted by Crippen LogP contribution is -2.46. The fraction of sp³-hybridized carbons (Fsp3) is 0.941. The minimum absolute atomic E-state index is 0.0244. The van der Waals surface area contributed by atoms with Crippen LogP contribution in [0.25, 0.3) is 0 Å². The average Bonchev–Trinajstić information content (AvgIpc) is 2.38. The Bertz CT molecular complexity index is 346. The molecule has 21 heavy (non-hydrogen) atoms. The van der Waals surface area contributed by atoms with Gasteiger partial charge in [0.1, 0.15) is 0 Å². The highest BCUT2D eigenvalue weighted by Gasteiger charge is 2.41. The van der Waals surface area contributed by atoms with Gasteiger partial charge in [-0.3, -0.25) is 4.79 Å². The van der Waals surface area contributed by atoms with E-state index in [0.717, 1.165) is 12.8 Å². The Labute approximate surface area is 131 Å². The lowest BCUT2D eigenvalue weighted by atomic mass is 9.81. The van der Waals surface area contributed by atoms with E-state index in [2.05, 4.69) is 33.9 Å². The Morgan fingerprint density at radius 1 is 1.24 bits per heavy atom. The Hall–Kier alpha value is -0.353. The molecular weight excluding hydrogens is 280 g/mol. The third kappa shape index (κ3) is 5.10. The van der Waals surface area contributed by atoms with E-state index in [0.29, 0.717) is 12.0 Å². The zero-order valence-electron chi connectivity index (χ0n) is 15.0. The smallest absolute Gasteiger partial charge is 0.308 e. The second-order valence-electron chi connectivity index (χ2n) is 8.12. The zero-order valence-corrected chi connectivity index (χ0v) is 16.0. The summed E-state index contributed by atoms with van der Waals surface area (Å²) >= 11 is 0. The van der Waals surface area contributed by atoms with Crippen LogP contribution in [0.2, 0.25) is 18.1 Å². The largest absolute Gasteiger partial charge is 0.469 e. The van der Waals surface area contributed by atoms with Gasteiger partial charge in [-0.2, -0.15) is 0 Å². The molecule has 1 aliphatic rings. The number of carbonyl (C=O) groups is 1. The maximum Gasteiger partial charge on any atom is 0.308 e. The molecule has 0 aliphatic heterocycles. The van der Waals surface area contributed by atoms with Crippen LogP contribution in [0.5, 0.6) is 0 Å². The molecule has 0 N–H and O–H groups in total. The van der Waals surface area contributed by atoms with E-state index in [1.54, 1.807) is 0 Å². The van der Waals surface area contributed by atoms with Crippen molar-refractivity contribution in [3.05, 3.63) is 0 Å². The first-order chi connectivity index (χ1) is 9.58. The van der Waals surface area contributed by atoms with E-state index < -0.39 is 8.32 Å². The Kier molecular flexibility index (Phi) is 6.48. The van der Waals surface area contributed by atoms with Gasteiger partial charge in [-0.15, -0.1) is 0 Å².